The van der Waals surface area contributed by atoms with Crippen LogP contribution in [0.2, 0.25) is 0 Å². The van der Waals surface area contributed by atoms with Crippen molar-refractivity contribution >= 4 is 59.9 Å². The summed E-state index contributed by atoms with van der Waals surface area (Å²) in [5.74, 6) is 1.44. The normalized spacial score (nSPS) is 14.6. The molecule has 1 aliphatic heterocycles. The number of hydrogen-bond acceptors (Lipinski definition) is 7. The topological polar surface area (TPSA) is 54.9 Å². The Kier molecular flexibility index (Phi) is 5.25. The molecule has 1 fully saturated rings. The van der Waals surface area contributed by atoms with Gasteiger partial charge >= 0.3 is 0 Å². The van der Waals surface area contributed by atoms with E-state index in [9.17, 15) is 4.79 Å². The molecule has 9 heteroatoms. The molecule has 6 nitrogen and oxygen atoms in total. The van der Waals surface area contributed by atoms with Gasteiger partial charge in [0.2, 0.25) is 0 Å². The lowest BCUT2D eigenvalue weighted by molar-refractivity contribution is 0.0751. The monoisotopic (exact) mass is 467 g/mol. The summed E-state index contributed by atoms with van der Waals surface area (Å²) < 4.78 is 12.9. The summed E-state index contributed by atoms with van der Waals surface area (Å²) in [7, 11) is 3.25. The van der Waals surface area contributed by atoms with Crippen molar-refractivity contribution in [3.63, 3.8) is 0 Å². The lowest BCUT2D eigenvalue weighted by atomic mass is 10.3. The van der Waals surface area contributed by atoms with Crippen LogP contribution in [0, 0.1) is 0 Å². The Morgan fingerprint density at radius 3 is 2.48 bits per heavy atom. The van der Waals surface area contributed by atoms with Crippen LogP contribution in [0.3, 0.4) is 0 Å². The van der Waals surface area contributed by atoms with E-state index in [1.54, 1.807) is 25.6 Å². The summed E-state index contributed by atoms with van der Waals surface area (Å²) in [5, 5.41) is 0.947. The first kappa shape index (κ1) is 18.5. The minimum Gasteiger partial charge on any atom is -0.493 e. The Labute approximate surface area is 173 Å². The second-order valence-electron chi connectivity index (χ2n) is 6.03. The Morgan fingerprint density at radius 2 is 1.85 bits per heavy atom. The highest BCUT2D eigenvalue weighted by Crippen LogP contribution is 2.40. The Morgan fingerprint density at radius 1 is 1.07 bits per heavy atom. The first-order chi connectivity index (χ1) is 13.1. The Bertz CT molecular complexity index is 980. The van der Waals surface area contributed by atoms with Crippen molar-refractivity contribution in [3.8, 4) is 11.5 Å². The zero-order valence-corrected chi connectivity index (χ0v) is 18.1. The number of rotatable bonds is 4. The molecule has 0 aliphatic carbocycles. The van der Waals surface area contributed by atoms with E-state index in [1.165, 1.54) is 11.3 Å². The molecule has 1 saturated heterocycles. The third-order valence-electron chi connectivity index (χ3n) is 4.51. The van der Waals surface area contributed by atoms with Gasteiger partial charge < -0.3 is 19.3 Å². The first-order valence-electron chi connectivity index (χ1n) is 8.42. The highest BCUT2D eigenvalue weighted by Gasteiger charge is 2.25. The molecule has 0 unspecified atom stereocenters. The van der Waals surface area contributed by atoms with Crippen molar-refractivity contribution in [2.75, 3.05) is 45.3 Å². The van der Waals surface area contributed by atoms with E-state index in [2.05, 4.69) is 20.8 Å². The number of halogens is 1. The molecule has 1 aliphatic rings. The van der Waals surface area contributed by atoms with Gasteiger partial charge in [-0.1, -0.05) is 11.3 Å². The van der Waals surface area contributed by atoms with Gasteiger partial charge in [-0.25, -0.2) is 4.98 Å². The molecular formula is C18H18BrN3O3S2. The maximum Gasteiger partial charge on any atom is 0.264 e. The summed E-state index contributed by atoms with van der Waals surface area (Å²) in [6.45, 7) is 2.89. The summed E-state index contributed by atoms with van der Waals surface area (Å²) in [4.78, 5) is 22.3. The highest BCUT2D eigenvalue weighted by atomic mass is 79.9. The lowest BCUT2D eigenvalue weighted by Crippen LogP contribution is -2.48. The van der Waals surface area contributed by atoms with Gasteiger partial charge in [0.15, 0.2) is 16.6 Å². The number of fused-ring (bicyclic) bond motifs is 1. The summed E-state index contributed by atoms with van der Waals surface area (Å²) >= 11 is 6.52. The molecule has 1 amide bonds. The quantitative estimate of drug-likeness (QED) is 0.577. The number of carbonyl (C=O) groups excluding carboxylic acids is 1. The molecule has 3 aromatic rings. The van der Waals surface area contributed by atoms with Gasteiger partial charge in [-0.2, -0.15) is 0 Å². The molecule has 2 aromatic heterocycles. The predicted molar refractivity (Wildman–Crippen MR) is 113 cm³/mol. The largest absolute Gasteiger partial charge is 0.493 e. The number of ether oxygens (including phenoxy) is 2. The van der Waals surface area contributed by atoms with Crippen LogP contribution in [0.5, 0.6) is 11.5 Å². The number of methoxy groups -OCH3 is 2. The standard InChI is InChI=1S/C18H18BrN3O3S2/c1-24-11-3-4-12-15(16(11)25-2)20-18(27-12)22-9-7-21(8-10-22)17(23)13-5-6-14(19)26-13/h3-6H,7-10H2,1-2H3. The number of hydrogen-bond donors (Lipinski definition) is 0. The third kappa shape index (κ3) is 3.51. The second kappa shape index (κ2) is 7.65. The molecule has 142 valence electrons. The Balaban J connectivity index is 1.50. The number of carbonyl (C=O) groups is 1. The molecular weight excluding hydrogens is 450 g/mol. The van der Waals surface area contributed by atoms with E-state index in [0.717, 1.165) is 37.1 Å². The van der Waals surface area contributed by atoms with Crippen LogP contribution in [-0.4, -0.2) is 56.2 Å². The number of amides is 1. The van der Waals surface area contributed by atoms with E-state index in [1.807, 2.05) is 29.2 Å². The number of piperazine rings is 1. The summed E-state index contributed by atoms with van der Waals surface area (Å²) in [6.07, 6.45) is 0. The summed E-state index contributed by atoms with van der Waals surface area (Å²) in [5.41, 5.74) is 0.818. The van der Waals surface area contributed by atoms with Gasteiger partial charge in [-0.05, 0) is 40.2 Å². The minimum atomic E-state index is 0.0982. The number of aromatic nitrogens is 1. The van der Waals surface area contributed by atoms with Crippen molar-refractivity contribution in [1.82, 2.24) is 9.88 Å². The zero-order valence-electron chi connectivity index (χ0n) is 14.9. The molecule has 0 saturated carbocycles. The van der Waals surface area contributed by atoms with Gasteiger partial charge in [0.1, 0.15) is 5.52 Å². The van der Waals surface area contributed by atoms with E-state index in [0.29, 0.717) is 24.6 Å². The van der Waals surface area contributed by atoms with Crippen LogP contribution >= 0.6 is 38.6 Å². The molecule has 3 heterocycles. The number of thiophene rings is 1. The summed E-state index contributed by atoms with van der Waals surface area (Å²) in [6, 6.07) is 7.69. The third-order valence-corrected chi connectivity index (χ3v) is 7.21. The van der Waals surface area contributed by atoms with Crippen molar-refractivity contribution in [1.29, 1.82) is 0 Å². The fourth-order valence-corrected chi connectivity index (χ4v) is 5.49. The molecule has 0 N–H and O–H groups in total. The average Bonchev–Trinajstić information content (AvgIpc) is 3.32. The van der Waals surface area contributed by atoms with E-state index >= 15 is 0 Å². The molecule has 0 bridgehead atoms. The highest BCUT2D eigenvalue weighted by molar-refractivity contribution is 9.11. The van der Waals surface area contributed by atoms with Gasteiger partial charge in [0, 0.05) is 26.2 Å². The number of thiazole rings is 1. The fourth-order valence-electron chi connectivity index (χ4n) is 3.12. The smallest absolute Gasteiger partial charge is 0.264 e. The molecule has 1 aromatic carbocycles. The van der Waals surface area contributed by atoms with Crippen LogP contribution in [0.25, 0.3) is 10.2 Å². The van der Waals surface area contributed by atoms with Gasteiger partial charge in [-0.15, -0.1) is 11.3 Å². The van der Waals surface area contributed by atoms with Crippen LogP contribution in [0.15, 0.2) is 28.1 Å². The maximum atomic E-state index is 12.6. The van der Waals surface area contributed by atoms with E-state index < -0.39 is 0 Å². The molecule has 0 spiro atoms. The number of anilines is 1. The minimum absolute atomic E-state index is 0.0982. The van der Waals surface area contributed by atoms with Crippen molar-refractivity contribution in [2.45, 2.75) is 0 Å². The lowest BCUT2D eigenvalue weighted by Gasteiger charge is -2.34. The van der Waals surface area contributed by atoms with E-state index in [4.69, 9.17) is 14.5 Å². The van der Waals surface area contributed by atoms with Crippen LogP contribution < -0.4 is 14.4 Å². The van der Waals surface area contributed by atoms with Crippen molar-refractivity contribution in [3.05, 3.63) is 32.9 Å². The second-order valence-corrected chi connectivity index (χ2v) is 9.50. The molecule has 0 radical (unpaired) electrons. The Hall–Kier alpha value is -1.84. The maximum absolute atomic E-state index is 12.6. The molecule has 27 heavy (non-hydrogen) atoms. The average molecular weight is 468 g/mol. The van der Waals surface area contributed by atoms with Crippen molar-refractivity contribution in [2.24, 2.45) is 0 Å². The molecule has 0 atom stereocenters. The van der Waals surface area contributed by atoms with E-state index in [-0.39, 0.29) is 5.91 Å². The fraction of sp³-hybridized carbons (Fsp3) is 0.333. The zero-order chi connectivity index (χ0) is 19.0. The van der Waals surface area contributed by atoms with Crippen molar-refractivity contribution < 1.29 is 14.3 Å². The predicted octanol–water partition coefficient (Wildman–Crippen LogP) is 4.10. The molecule has 4 rings (SSSR count). The SMILES string of the molecule is COc1ccc2sc(N3CCN(C(=O)c4ccc(Br)s4)CC3)nc2c1OC. The first-order valence-corrected chi connectivity index (χ1v) is 10.8. The van der Waals surface area contributed by atoms with Gasteiger partial charge in [-0.3, -0.25) is 4.79 Å². The van der Waals surface area contributed by atoms with Gasteiger partial charge in [0.25, 0.3) is 5.91 Å². The van der Waals surface area contributed by atoms with Crippen LogP contribution in [0.4, 0.5) is 5.13 Å². The van der Waals surface area contributed by atoms with Gasteiger partial charge in [0.05, 0.1) is 27.6 Å². The van der Waals surface area contributed by atoms with Crippen LogP contribution in [-0.2, 0) is 0 Å². The number of benzene rings is 1. The van der Waals surface area contributed by atoms with Crippen LogP contribution in [0.1, 0.15) is 9.67 Å². The number of nitrogens with zero attached hydrogens (tertiary/aromatic N) is 3.